The zero-order valence-electron chi connectivity index (χ0n) is 13.0. The minimum absolute atomic E-state index is 0.00294. The molecule has 0 radical (unpaired) electrons. The molecule has 3 rings (SSSR count). The van der Waals surface area contributed by atoms with E-state index in [0.717, 1.165) is 19.0 Å². The van der Waals surface area contributed by atoms with Crippen LogP contribution in [0.2, 0.25) is 10.0 Å². The topological polar surface area (TPSA) is 34.1 Å². The van der Waals surface area contributed by atoms with Gasteiger partial charge in [0.25, 0.3) is 0 Å². The third kappa shape index (κ3) is 4.37. The van der Waals surface area contributed by atoms with E-state index >= 15 is 0 Å². The normalized spacial score (nSPS) is 19.0. The highest BCUT2D eigenvalue weighted by molar-refractivity contribution is 6.30. The molecular weight excluding hydrogens is 376 g/mol. The molecule has 0 amide bonds. The molecule has 3 nitrogen and oxygen atoms in total. The van der Waals surface area contributed by atoms with Crippen LogP contribution in [0.1, 0.15) is 23.7 Å². The molecular formula is C17H15Cl2F3N2O. The van der Waals surface area contributed by atoms with Crippen LogP contribution < -0.4 is 10.1 Å². The Balaban J connectivity index is 1.99. The van der Waals surface area contributed by atoms with Crippen molar-refractivity contribution in [2.75, 3.05) is 13.1 Å². The maximum Gasteiger partial charge on any atom is 0.420 e. The first-order valence-corrected chi connectivity index (χ1v) is 8.45. The van der Waals surface area contributed by atoms with E-state index in [2.05, 4.69) is 10.3 Å². The number of ether oxygens (including phenoxy) is 1. The van der Waals surface area contributed by atoms with E-state index in [9.17, 15) is 13.2 Å². The predicted octanol–water partition coefficient (Wildman–Crippen LogP) is 5.14. The van der Waals surface area contributed by atoms with Crippen molar-refractivity contribution in [3.8, 4) is 5.75 Å². The Labute approximate surface area is 153 Å². The number of alkyl halides is 3. The molecule has 134 valence electrons. The van der Waals surface area contributed by atoms with Crippen LogP contribution in [-0.2, 0) is 6.18 Å². The van der Waals surface area contributed by atoms with Crippen LogP contribution in [0.3, 0.4) is 0 Å². The number of benzene rings is 1. The Morgan fingerprint density at radius 3 is 2.60 bits per heavy atom. The van der Waals surface area contributed by atoms with Gasteiger partial charge in [-0.05, 0) is 37.2 Å². The van der Waals surface area contributed by atoms with Gasteiger partial charge in [0.05, 0.1) is 10.6 Å². The summed E-state index contributed by atoms with van der Waals surface area (Å²) in [4.78, 5) is 4.03. The molecule has 25 heavy (non-hydrogen) atoms. The Morgan fingerprint density at radius 2 is 1.96 bits per heavy atom. The van der Waals surface area contributed by atoms with Crippen LogP contribution >= 0.6 is 23.2 Å². The molecule has 1 saturated heterocycles. The molecule has 1 fully saturated rings. The number of aromatic nitrogens is 1. The van der Waals surface area contributed by atoms with Gasteiger partial charge in [0, 0.05) is 35.4 Å². The molecule has 1 aliphatic rings. The van der Waals surface area contributed by atoms with E-state index in [1.807, 2.05) is 0 Å². The van der Waals surface area contributed by atoms with E-state index < -0.39 is 17.8 Å². The van der Waals surface area contributed by atoms with Crippen molar-refractivity contribution in [2.45, 2.75) is 18.7 Å². The zero-order valence-corrected chi connectivity index (χ0v) is 14.5. The van der Waals surface area contributed by atoms with E-state index in [1.54, 1.807) is 12.3 Å². The largest absolute Gasteiger partial charge is 0.485 e. The van der Waals surface area contributed by atoms with Gasteiger partial charge in [0.15, 0.2) is 0 Å². The molecule has 1 aromatic carbocycles. The monoisotopic (exact) mass is 390 g/mol. The Morgan fingerprint density at radius 1 is 1.16 bits per heavy atom. The van der Waals surface area contributed by atoms with Crippen LogP contribution in [-0.4, -0.2) is 18.1 Å². The molecule has 2 aromatic rings. The summed E-state index contributed by atoms with van der Waals surface area (Å²) in [7, 11) is 0. The maximum atomic E-state index is 13.3. The van der Waals surface area contributed by atoms with Crippen molar-refractivity contribution in [3.05, 3.63) is 57.8 Å². The summed E-state index contributed by atoms with van der Waals surface area (Å²) in [6, 6.07) is 5.17. The number of hydrogen-bond donors (Lipinski definition) is 1. The van der Waals surface area contributed by atoms with Gasteiger partial charge in [-0.25, -0.2) is 0 Å². The molecule has 1 aliphatic heterocycles. The van der Waals surface area contributed by atoms with Crippen LogP contribution in [0.4, 0.5) is 13.2 Å². The second kappa shape index (κ2) is 7.40. The number of rotatable bonds is 4. The summed E-state index contributed by atoms with van der Waals surface area (Å²) >= 11 is 11.7. The summed E-state index contributed by atoms with van der Waals surface area (Å²) in [5.74, 6) is -0.245. The Hall–Kier alpha value is -1.50. The van der Waals surface area contributed by atoms with Gasteiger partial charge in [-0.1, -0.05) is 23.2 Å². The lowest BCUT2D eigenvalue weighted by atomic mass is 9.95. The molecule has 0 bridgehead atoms. The van der Waals surface area contributed by atoms with Gasteiger partial charge in [-0.15, -0.1) is 0 Å². The molecule has 2 atom stereocenters. The number of pyridine rings is 1. The van der Waals surface area contributed by atoms with Gasteiger partial charge >= 0.3 is 6.18 Å². The van der Waals surface area contributed by atoms with Gasteiger partial charge in [0.1, 0.15) is 11.9 Å². The smallest absolute Gasteiger partial charge is 0.420 e. The van der Waals surface area contributed by atoms with E-state index in [0.29, 0.717) is 17.1 Å². The summed E-state index contributed by atoms with van der Waals surface area (Å²) in [5.41, 5.74) is -0.254. The van der Waals surface area contributed by atoms with Crippen LogP contribution in [0.5, 0.6) is 5.75 Å². The van der Waals surface area contributed by atoms with Gasteiger partial charge in [-0.3, -0.25) is 4.98 Å². The van der Waals surface area contributed by atoms with Gasteiger partial charge in [-0.2, -0.15) is 13.2 Å². The van der Waals surface area contributed by atoms with Crippen molar-refractivity contribution in [1.82, 2.24) is 10.3 Å². The van der Waals surface area contributed by atoms with Crippen LogP contribution in [0.15, 0.2) is 36.7 Å². The number of nitrogens with one attached hydrogen (secondary N) is 1. The average Bonchev–Trinajstić information content (AvgIpc) is 3.07. The molecule has 2 heterocycles. The first kappa shape index (κ1) is 18.3. The molecule has 0 saturated carbocycles. The second-order valence-corrected chi connectivity index (χ2v) is 6.74. The number of hydrogen-bond acceptors (Lipinski definition) is 3. The lowest BCUT2D eigenvalue weighted by molar-refractivity contribution is -0.139. The molecule has 0 spiro atoms. The average molecular weight is 391 g/mol. The van der Waals surface area contributed by atoms with Gasteiger partial charge in [0.2, 0.25) is 0 Å². The molecule has 1 aromatic heterocycles. The summed E-state index contributed by atoms with van der Waals surface area (Å²) in [6.45, 7) is 1.43. The summed E-state index contributed by atoms with van der Waals surface area (Å²) in [5, 5.41) is 3.61. The Kier molecular flexibility index (Phi) is 5.41. The molecule has 1 unspecified atom stereocenters. The van der Waals surface area contributed by atoms with Crippen molar-refractivity contribution >= 4 is 23.2 Å². The predicted molar refractivity (Wildman–Crippen MR) is 90.0 cm³/mol. The number of halogens is 5. The minimum Gasteiger partial charge on any atom is -0.485 e. The van der Waals surface area contributed by atoms with E-state index in [4.69, 9.17) is 27.9 Å². The quantitative estimate of drug-likeness (QED) is 0.784. The lowest BCUT2D eigenvalue weighted by Gasteiger charge is -2.26. The highest BCUT2D eigenvalue weighted by Gasteiger charge is 2.37. The van der Waals surface area contributed by atoms with Crippen LogP contribution in [0, 0.1) is 5.92 Å². The minimum atomic E-state index is -4.56. The fourth-order valence-electron chi connectivity index (χ4n) is 2.92. The maximum absolute atomic E-state index is 13.3. The fourth-order valence-corrected chi connectivity index (χ4v) is 3.27. The Bertz CT molecular complexity index is 749. The van der Waals surface area contributed by atoms with Crippen molar-refractivity contribution in [3.63, 3.8) is 0 Å². The second-order valence-electron chi connectivity index (χ2n) is 5.87. The third-order valence-electron chi connectivity index (χ3n) is 4.08. The van der Waals surface area contributed by atoms with Gasteiger partial charge < -0.3 is 10.1 Å². The number of nitrogens with zero attached hydrogens (tertiary/aromatic N) is 1. The molecule has 1 N–H and O–H groups in total. The third-order valence-corrected chi connectivity index (χ3v) is 4.52. The SMILES string of the molecule is FC(F)(F)c1cc(Cl)ccc1OC(c1cncc(Cl)c1)[C@H]1CCNC1. The fraction of sp³-hybridized carbons (Fsp3) is 0.353. The van der Waals surface area contributed by atoms with Crippen LogP contribution in [0.25, 0.3) is 0 Å². The lowest BCUT2D eigenvalue weighted by Crippen LogP contribution is -2.22. The highest BCUT2D eigenvalue weighted by atomic mass is 35.5. The highest BCUT2D eigenvalue weighted by Crippen LogP contribution is 2.41. The summed E-state index contributed by atoms with van der Waals surface area (Å²) < 4.78 is 45.8. The molecule has 8 heteroatoms. The van der Waals surface area contributed by atoms with Crippen molar-refractivity contribution in [2.24, 2.45) is 5.92 Å². The summed E-state index contributed by atoms with van der Waals surface area (Å²) in [6.07, 6.45) is -1.34. The van der Waals surface area contributed by atoms with Crippen molar-refractivity contribution in [1.29, 1.82) is 0 Å². The standard InChI is InChI=1S/C17H15Cl2F3N2O/c18-12-1-2-15(14(6-12)17(20,21)22)25-16(10-3-4-23-7-10)11-5-13(19)9-24-8-11/h1-2,5-6,8-10,16,23H,3-4,7H2/t10-,16?/m0/s1. The first-order valence-electron chi connectivity index (χ1n) is 7.69. The van der Waals surface area contributed by atoms with E-state index in [-0.39, 0.29) is 16.7 Å². The zero-order chi connectivity index (χ0) is 18.0. The van der Waals surface area contributed by atoms with E-state index in [1.165, 1.54) is 18.3 Å². The molecule has 0 aliphatic carbocycles. The first-order chi connectivity index (χ1) is 11.8. The van der Waals surface area contributed by atoms with Crippen molar-refractivity contribution < 1.29 is 17.9 Å².